The van der Waals surface area contributed by atoms with Crippen LogP contribution in [0.25, 0.3) is 0 Å². The van der Waals surface area contributed by atoms with Gasteiger partial charge in [-0.1, -0.05) is 19.8 Å². The predicted molar refractivity (Wildman–Crippen MR) is 72.3 cm³/mol. The van der Waals surface area contributed by atoms with E-state index in [1.807, 2.05) is 0 Å². The largest absolute Gasteiger partial charge is 0.353 e. The summed E-state index contributed by atoms with van der Waals surface area (Å²) in [7, 11) is 0. The third-order valence-electron chi connectivity index (χ3n) is 4.41. The van der Waals surface area contributed by atoms with Crippen LogP contribution in [0.4, 0.5) is 0 Å². The number of rotatable bonds is 4. The molecule has 0 spiro atoms. The van der Waals surface area contributed by atoms with Crippen LogP contribution in [0.15, 0.2) is 0 Å². The van der Waals surface area contributed by atoms with Gasteiger partial charge in [0.1, 0.15) is 0 Å². The zero-order valence-electron chi connectivity index (χ0n) is 10.9. The molecule has 2 rings (SSSR count). The lowest BCUT2D eigenvalue weighted by Gasteiger charge is -2.33. The van der Waals surface area contributed by atoms with Crippen molar-refractivity contribution in [2.24, 2.45) is 17.8 Å². The minimum absolute atomic E-state index is 0. The van der Waals surface area contributed by atoms with E-state index in [4.69, 9.17) is 0 Å². The van der Waals surface area contributed by atoms with Crippen LogP contribution in [0.3, 0.4) is 0 Å². The zero-order valence-corrected chi connectivity index (χ0v) is 11.7. The smallest absolute Gasteiger partial charge is 0.223 e. The highest BCUT2D eigenvalue weighted by Crippen LogP contribution is 2.28. The van der Waals surface area contributed by atoms with E-state index in [-0.39, 0.29) is 24.2 Å². The van der Waals surface area contributed by atoms with Gasteiger partial charge in [-0.3, -0.25) is 4.79 Å². The van der Waals surface area contributed by atoms with Gasteiger partial charge in [-0.15, -0.1) is 12.4 Å². The average Bonchev–Trinajstić information content (AvgIpc) is 2.67. The first-order valence-corrected chi connectivity index (χ1v) is 6.69. The molecule has 0 aromatic heterocycles. The highest BCUT2D eigenvalue weighted by molar-refractivity contribution is 5.85. The van der Waals surface area contributed by atoms with Gasteiger partial charge in [0.25, 0.3) is 0 Å². The van der Waals surface area contributed by atoms with Crippen LogP contribution in [0, 0.1) is 17.8 Å². The molecule has 2 unspecified atom stereocenters. The van der Waals surface area contributed by atoms with Crippen molar-refractivity contribution < 1.29 is 4.79 Å². The fourth-order valence-corrected chi connectivity index (χ4v) is 2.81. The summed E-state index contributed by atoms with van der Waals surface area (Å²) in [5.74, 6) is 1.70. The van der Waals surface area contributed by atoms with Crippen LogP contribution < -0.4 is 10.6 Å². The molecule has 0 aromatic carbocycles. The van der Waals surface area contributed by atoms with Gasteiger partial charge < -0.3 is 10.6 Å². The van der Waals surface area contributed by atoms with Crippen molar-refractivity contribution >= 4 is 18.3 Å². The van der Waals surface area contributed by atoms with Crippen molar-refractivity contribution in [2.45, 2.75) is 45.6 Å². The summed E-state index contributed by atoms with van der Waals surface area (Å²) >= 11 is 0. The van der Waals surface area contributed by atoms with Gasteiger partial charge >= 0.3 is 0 Å². The predicted octanol–water partition coefficient (Wildman–Crippen LogP) is 1.96. The maximum Gasteiger partial charge on any atom is 0.223 e. The monoisotopic (exact) mass is 260 g/mol. The van der Waals surface area contributed by atoms with E-state index < -0.39 is 0 Å². The molecule has 1 aliphatic carbocycles. The molecule has 1 saturated heterocycles. The van der Waals surface area contributed by atoms with E-state index in [2.05, 4.69) is 24.5 Å². The summed E-state index contributed by atoms with van der Waals surface area (Å²) in [5.41, 5.74) is 0. The number of hydrogen-bond donors (Lipinski definition) is 2. The average molecular weight is 261 g/mol. The fourth-order valence-electron chi connectivity index (χ4n) is 2.81. The van der Waals surface area contributed by atoms with Crippen molar-refractivity contribution in [1.82, 2.24) is 10.6 Å². The molecule has 17 heavy (non-hydrogen) atoms. The lowest BCUT2D eigenvalue weighted by atomic mass is 9.87. The highest BCUT2D eigenvalue weighted by Gasteiger charge is 2.30. The quantitative estimate of drug-likeness (QED) is 0.811. The number of amides is 1. The van der Waals surface area contributed by atoms with E-state index in [9.17, 15) is 4.79 Å². The van der Waals surface area contributed by atoms with Gasteiger partial charge in [-0.05, 0) is 44.7 Å². The van der Waals surface area contributed by atoms with E-state index in [0.717, 1.165) is 19.0 Å². The summed E-state index contributed by atoms with van der Waals surface area (Å²) in [6, 6.07) is 0.366. The minimum Gasteiger partial charge on any atom is -0.353 e. The first-order valence-electron chi connectivity index (χ1n) is 6.69. The maximum absolute atomic E-state index is 12.0. The summed E-state index contributed by atoms with van der Waals surface area (Å²) in [4.78, 5) is 12.0. The van der Waals surface area contributed by atoms with Crippen molar-refractivity contribution in [3.05, 3.63) is 0 Å². The number of halogens is 1. The fraction of sp³-hybridized carbons (Fsp3) is 0.923. The van der Waals surface area contributed by atoms with Crippen molar-refractivity contribution in [3.8, 4) is 0 Å². The second-order valence-corrected chi connectivity index (χ2v) is 5.55. The normalized spacial score (nSPS) is 24.6. The molecule has 2 atom stereocenters. The first-order chi connectivity index (χ1) is 7.68. The molecular weight excluding hydrogens is 236 g/mol. The van der Waals surface area contributed by atoms with Crippen LogP contribution in [0.2, 0.25) is 0 Å². The van der Waals surface area contributed by atoms with Crippen molar-refractivity contribution in [3.63, 3.8) is 0 Å². The third-order valence-corrected chi connectivity index (χ3v) is 4.41. The molecule has 2 N–H and O–H groups in total. The van der Waals surface area contributed by atoms with E-state index >= 15 is 0 Å². The molecule has 1 saturated carbocycles. The Labute approximate surface area is 111 Å². The molecule has 1 amide bonds. The Morgan fingerprint density at radius 1 is 1.18 bits per heavy atom. The lowest BCUT2D eigenvalue weighted by Crippen LogP contribution is -2.51. The Hall–Kier alpha value is -0.280. The Morgan fingerprint density at radius 3 is 2.24 bits per heavy atom. The number of carbonyl (C=O) groups excluding carboxylic acids is 1. The Bertz CT molecular complexity index is 250. The van der Waals surface area contributed by atoms with Gasteiger partial charge in [0.05, 0.1) is 0 Å². The Kier molecular flexibility index (Phi) is 5.74. The van der Waals surface area contributed by atoms with E-state index in [0.29, 0.717) is 12.0 Å². The van der Waals surface area contributed by atoms with Crippen molar-refractivity contribution in [1.29, 1.82) is 0 Å². The number of hydrogen-bond acceptors (Lipinski definition) is 2. The van der Waals surface area contributed by atoms with Crippen LogP contribution in [0.1, 0.15) is 39.5 Å². The summed E-state index contributed by atoms with van der Waals surface area (Å²) in [6.45, 7) is 6.24. The zero-order chi connectivity index (χ0) is 11.5. The van der Waals surface area contributed by atoms with Gasteiger partial charge in [0.15, 0.2) is 0 Å². The first kappa shape index (κ1) is 14.8. The van der Waals surface area contributed by atoms with Gasteiger partial charge in [-0.2, -0.15) is 0 Å². The minimum atomic E-state index is 0. The molecule has 0 radical (unpaired) electrons. The topological polar surface area (TPSA) is 41.1 Å². The number of nitrogens with one attached hydrogen (secondary N) is 2. The Balaban J connectivity index is 0.00000144. The molecule has 0 aromatic rings. The SMILES string of the molecule is CC(NC(=O)C(C)C1CNC1)C1CCCC1.Cl. The standard InChI is InChI=1S/C13H24N2O.ClH/c1-9(12-7-14-8-12)13(16)15-10(2)11-5-3-4-6-11;/h9-12,14H,3-8H2,1-2H3,(H,15,16);1H. The molecule has 0 bridgehead atoms. The second-order valence-electron chi connectivity index (χ2n) is 5.55. The van der Waals surface area contributed by atoms with E-state index in [1.54, 1.807) is 0 Å². The van der Waals surface area contributed by atoms with Crippen LogP contribution in [-0.4, -0.2) is 25.0 Å². The summed E-state index contributed by atoms with van der Waals surface area (Å²) < 4.78 is 0. The maximum atomic E-state index is 12.0. The molecule has 2 aliphatic rings. The summed E-state index contributed by atoms with van der Waals surface area (Å²) in [5, 5.41) is 6.43. The Morgan fingerprint density at radius 2 is 1.76 bits per heavy atom. The van der Waals surface area contributed by atoms with Crippen LogP contribution >= 0.6 is 12.4 Å². The van der Waals surface area contributed by atoms with E-state index in [1.165, 1.54) is 25.7 Å². The molecule has 100 valence electrons. The molecule has 3 nitrogen and oxygen atoms in total. The van der Waals surface area contributed by atoms with Gasteiger partial charge in [0.2, 0.25) is 5.91 Å². The molecule has 4 heteroatoms. The summed E-state index contributed by atoms with van der Waals surface area (Å²) in [6.07, 6.45) is 5.27. The van der Waals surface area contributed by atoms with Crippen LogP contribution in [0.5, 0.6) is 0 Å². The van der Waals surface area contributed by atoms with Gasteiger partial charge in [0, 0.05) is 12.0 Å². The highest BCUT2D eigenvalue weighted by atomic mass is 35.5. The van der Waals surface area contributed by atoms with Crippen molar-refractivity contribution in [2.75, 3.05) is 13.1 Å². The second kappa shape index (κ2) is 6.60. The third kappa shape index (κ3) is 3.59. The lowest BCUT2D eigenvalue weighted by molar-refractivity contribution is -0.127. The molecule has 1 heterocycles. The number of carbonyl (C=O) groups is 1. The van der Waals surface area contributed by atoms with Gasteiger partial charge in [-0.25, -0.2) is 0 Å². The van der Waals surface area contributed by atoms with Crippen LogP contribution in [-0.2, 0) is 4.79 Å². The molecular formula is C13H25ClN2O. The molecule has 1 aliphatic heterocycles. The molecule has 2 fully saturated rings.